The minimum absolute atomic E-state index is 0.0321. The molecule has 114 valence electrons. The monoisotopic (exact) mass is 301 g/mol. The summed E-state index contributed by atoms with van der Waals surface area (Å²) in [5.41, 5.74) is 8.41. The average Bonchev–Trinajstić information content (AvgIpc) is 2.81. The molecule has 0 amide bonds. The van der Waals surface area contributed by atoms with Gasteiger partial charge in [0.25, 0.3) is 0 Å². The third kappa shape index (κ3) is 2.89. The molecule has 1 aromatic heterocycles. The van der Waals surface area contributed by atoms with Crippen molar-refractivity contribution in [3.8, 4) is 0 Å². The first-order valence-electron chi connectivity index (χ1n) is 8.23. The molecule has 21 heavy (non-hydrogen) atoms. The lowest BCUT2D eigenvalue weighted by molar-refractivity contribution is 0.109. The van der Waals surface area contributed by atoms with E-state index < -0.39 is 0 Å². The minimum atomic E-state index is -0.0321. The molecular weight excluding hydrogens is 274 g/mol. The van der Waals surface area contributed by atoms with Gasteiger partial charge in [0.2, 0.25) is 0 Å². The fourth-order valence-corrected chi connectivity index (χ4v) is 5.34. The Morgan fingerprint density at radius 3 is 2.81 bits per heavy atom. The van der Waals surface area contributed by atoms with Crippen molar-refractivity contribution >= 4 is 21.4 Å². The summed E-state index contributed by atoms with van der Waals surface area (Å²) >= 11 is 1.86. The van der Waals surface area contributed by atoms with E-state index in [1.54, 1.807) is 0 Å². The van der Waals surface area contributed by atoms with E-state index in [0.717, 1.165) is 12.3 Å². The first-order valence-corrected chi connectivity index (χ1v) is 9.11. The van der Waals surface area contributed by atoms with Crippen molar-refractivity contribution in [2.75, 3.05) is 0 Å². The molecule has 3 rings (SSSR count). The van der Waals surface area contributed by atoms with Crippen LogP contribution < -0.4 is 5.73 Å². The molecule has 0 spiro atoms. The summed E-state index contributed by atoms with van der Waals surface area (Å²) in [5.74, 6) is 2.08. The Kier molecular flexibility index (Phi) is 4.11. The van der Waals surface area contributed by atoms with E-state index in [2.05, 4.69) is 50.4 Å². The van der Waals surface area contributed by atoms with Crippen LogP contribution in [0.5, 0.6) is 0 Å². The number of thiophene rings is 1. The lowest BCUT2D eigenvalue weighted by atomic mass is 9.63. The van der Waals surface area contributed by atoms with E-state index in [1.807, 2.05) is 11.3 Å². The lowest BCUT2D eigenvalue weighted by Gasteiger charge is -2.46. The van der Waals surface area contributed by atoms with Gasteiger partial charge in [0, 0.05) is 10.2 Å². The Labute approximate surface area is 132 Å². The first kappa shape index (κ1) is 15.1. The molecule has 0 bridgehead atoms. The van der Waals surface area contributed by atoms with Crippen molar-refractivity contribution < 1.29 is 0 Å². The second-order valence-corrected chi connectivity index (χ2v) is 8.32. The van der Waals surface area contributed by atoms with Gasteiger partial charge in [0.1, 0.15) is 0 Å². The van der Waals surface area contributed by atoms with Crippen LogP contribution in [0, 0.1) is 17.8 Å². The van der Waals surface area contributed by atoms with Gasteiger partial charge in [-0.1, -0.05) is 45.4 Å². The third-order valence-corrected chi connectivity index (χ3v) is 6.34. The molecule has 2 N–H and O–H groups in total. The highest BCUT2D eigenvalue weighted by molar-refractivity contribution is 7.17. The van der Waals surface area contributed by atoms with Crippen LogP contribution in [-0.2, 0) is 6.42 Å². The predicted molar refractivity (Wildman–Crippen MR) is 93.8 cm³/mol. The summed E-state index contributed by atoms with van der Waals surface area (Å²) in [4.78, 5) is 0. The summed E-state index contributed by atoms with van der Waals surface area (Å²) in [6.07, 6.45) is 4.83. The van der Waals surface area contributed by atoms with E-state index in [0.29, 0.717) is 11.8 Å². The third-order valence-electron chi connectivity index (χ3n) is 5.32. The van der Waals surface area contributed by atoms with Crippen LogP contribution in [0.15, 0.2) is 29.6 Å². The van der Waals surface area contributed by atoms with Crippen molar-refractivity contribution in [1.82, 2.24) is 0 Å². The summed E-state index contributed by atoms with van der Waals surface area (Å²) in [7, 11) is 0. The Morgan fingerprint density at radius 1 is 1.29 bits per heavy atom. The molecule has 1 heterocycles. The molecule has 0 radical (unpaired) electrons. The van der Waals surface area contributed by atoms with Crippen LogP contribution >= 0.6 is 11.3 Å². The van der Waals surface area contributed by atoms with E-state index in [-0.39, 0.29) is 5.54 Å². The molecule has 2 aromatic rings. The summed E-state index contributed by atoms with van der Waals surface area (Å²) in [5, 5.41) is 3.74. The highest BCUT2D eigenvalue weighted by Gasteiger charge is 2.41. The molecule has 1 aliphatic rings. The molecule has 1 aliphatic carbocycles. The molecule has 1 saturated carbocycles. The Bertz CT molecular complexity index is 615. The van der Waals surface area contributed by atoms with E-state index in [9.17, 15) is 0 Å². The summed E-state index contributed by atoms with van der Waals surface area (Å²) < 4.78 is 1.39. The Morgan fingerprint density at radius 2 is 2.05 bits per heavy atom. The zero-order chi connectivity index (χ0) is 15.0. The molecular formula is C19H27NS. The summed E-state index contributed by atoms with van der Waals surface area (Å²) in [6.45, 7) is 7.05. The lowest BCUT2D eigenvalue weighted by Crippen LogP contribution is -2.54. The maximum atomic E-state index is 6.98. The fraction of sp³-hybridized carbons (Fsp3) is 0.579. The highest BCUT2D eigenvalue weighted by Crippen LogP contribution is 2.42. The van der Waals surface area contributed by atoms with Crippen LogP contribution in [0.4, 0.5) is 0 Å². The molecule has 1 nitrogen and oxygen atoms in total. The second-order valence-electron chi connectivity index (χ2n) is 7.40. The van der Waals surface area contributed by atoms with Crippen LogP contribution in [0.3, 0.4) is 0 Å². The van der Waals surface area contributed by atoms with E-state index >= 15 is 0 Å². The zero-order valence-corrected chi connectivity index (χ0v) is 14.2. The number of nitrogens with two attached hydrogens (primary N) is 1. The normalized spacial score (nSPS) is 30.1. The largest absolute Gasteiger partial charge is 0.325 e. The van der Waals surface area contributed by atoms with Crippen molar-refractivity contribution in [3.63, 3.8) is 0 Å². The zero-order valence-electron chi connectivity index (χ0n) is 13.4. The molecule has 1 fully saturated rings. The molecule has 1 aromatic carbocycles. The van der Waals surface area contributed by atoms with E-state index in [4.69, 9.17) is 5.73 Å². The van der Waals surface area contributed by atoms with Gasteiger partial charge in [-0.3, -0.25) is 0 Å². The number of hydrogen-bond donors (Lipinski definition) is 1. The Balaban J connectivity index is 1.93. The van der Waals surface area contributed by atoms with Crippen molar-refractivity contribution in [3.05, 3.63) is 35.2 Å². The maximum Gasteiger partial charge on any atom is 0.0345 e. The van der Waals surface area contributed by atoms with Crippen LogP contribution in [0.2, 0.25) is 0 Å². The van der Waals surface area contributed by atoms with Crippen molar-refractivity contribution in [2.24, 2.45) is 23.5 Å². The molecule has 2 heteroatoms. The van der Waals surface area contributed by atoms with Gasteiger partial charge in [-0.25, -0.2) is 0 Å². The molecule has 3 atom stereocenters. The van der Waals surface area contributed by atoms with Gasteiger partial charge in [-0.05, 0) is 59.4 Å². The molecule has 0 aliphatic heterocycles. The number of hydrogen-bond acceptors (Lipinski definition) is 2. The quantitative estimate of drug-likeness (QED) is 0.825. The van der Waals surface area contributed by atoms with Gasteiger partial charge < -0.3 is 5.73 Å². The molecule has 0 saturated heterocycles. The first-order chi connectivity index (χ1) is 9.99. The SMILES string of the molecule is CC1CCC(C(C)C)C(N)(Cc2csc3ccccc23)C1. The van der Waals surface area contributed by atoms with Gasteiger partial charge in [-0.2, -0.15) is 0 Å². The standard InChI is InChI=1S/C19H27NS/c1-13(2)17-9-8-14(3)10-19(17,20)11-15-12-21-18-7-5-4-6-16(15)18/h4-7,12-14,17H,8-11,20H2,1-3H3. The molecule has 3 unspecified atom stereocenters. The number of benzene rings is 1. The topological polar surface area (TPSA) is 26.0 Å². The van der Waals surface area contributed by atoms with Gasteiger partial charge in [0.15, 0.2) is 0 Å². The van der Waals surface area contributed by atoms with E-state index in [1.165, 1.54) is 34.9 Å². The van der Waals surface area contributed by atoms with Crippen molar-refractivity contribution in [1.29, 1.82) is 0 Å². The average molecular weight is 301 g/mol. The van der Waals surface area contributed by atoms with Crippen LogP contribution in [-0.4, -0.2) is 5.54 Å². The predicted octanol–water partition coefficient (Wildman–Crippen LogP) is 5.23. The maximum absolute atomic E-state index is 6.98. The van der Waals surface area contributed by atoms with Crippen LogP contribution in [0.1, 0.15) is 45.6 Å². The minimum Gasteiger partial charge on any atom is -0.325 e. The van der Waals surface area contributed by atoms with Crippen LogP contribution in [0.25, 0.3) is 10.1 Å². The highest BCUT2D eigenvalue weighted by atomic mass is 32.1. The number of rotatable bonds is 3. The van der Waals surface area contributed by atoms with Crippen molar-refractivity contribution in [2.45, 2.75) is 52.0 Å². The second kappa shape index (κ2) is 5.73. The van der Waals surface area contributed by atoms with Gasteiger partial charge in [0.05, 0.1) is 0 Å². The van der Waals surface area contributed by atoms with Gasteiger partial charge in [-0.15, -0.1) is 11.3 Å². The Hall–Kier alpha value is -0.860. The van der Waals surface area contributed by atoms with Gasteiger partial charge >= 0.3 is 0 Å². The number of fused-ring (bicyclic) bond motifs is 1. The smallest absolute Gasteiger partial charge is 0.0345 e. The summed E-state index contributed by atoms with van der Waals surface area (Å²) in [6, 6.07) is 8.74. The fourth-order valence-electron chi connectivity index (χ4n) is 4.38.